The fourth-order valence-electron chi connectivity index (χ4n) is 4.02. The van der Waals surface area contributed by atoms with Gasteiger partial charge in [-0.2, -0.15) is 4.80 Å². The molecule has 0 atom stereocenters. The SMILES string of the molecule is CCC=C1c2[nH]c(C)nc2N(CCC)C(=O)N1CCCn1nnc(Cc2ccc(F)c(F)c2)n1. The van der Waals surface area contributed by atoms with Crippen molar-refractivity contribution in [2.45, 2.75) is 53.0 Å². The molecule has 180 valence electrons. The van der Waals surface area contributed by atoms with E-state index < -0.39 is 11.6 Å². The summed E-state index contributed by atoms with van der Waals surface area (Å²) < 4.78 is 26.6. The number of aryl methyl sites for hydroxylation is 2. The van der Waals surface area contributed by atoms with E-state index in [1.165, 1.54) is 10.9 Å². The molecule has 3 aromatic rings. The summed E-state index contributed by atoms with van der Waals surface area (Å²) in [5.74, 6) is 0.0698. The van der Waals surface area contributed by atoms with Gasteiger partial charge >= 0.3 is 6.03 Å². The van der Waals surface area contributed by atoms with Crippen molar-refractivity contribution in [2.75, 3.05) is 18.0 Å². The molecule has 11 heteroatoms. The highest BCUT2D eigenvalue weighted by molar-refractivity contribution is 6.03. The third kappa shape index (κ3) is 4.82. The maximum absolute atomic E-state index is 13.4. The minimum atomic E-state index is -0.903. The van der Waals surface area contributed by atoms with Gasteiger partial charge < -0.3 is 4.98 Å². The Kier molecular flexibility index (Phi) is 6.99. The first-order valence-electron chi connectivity index (χ1n) is 11.5. The second kappa shape index (κ2) is 10.1. The lowest BCUT2D eigenvalue weighted by Crippen LogP contribution is -2.47. The van der Waals surface area contributed by atoms with Crippen LogP contribution in [0.2, 0.25) is 0 Å². The van der Waals surface area contributed by atoms with Crippen LogP contribution in [0.4, 0.5) is 19.4 Å². The number of aromatic nitrogens is 6. The molecule has 1 N–H and O–H groups in total. The molecule has 0 spiro atoms. The van der Waals surface area contributed by atoms with Crippen LogP contribution < -0.4 is 4.90 Å². The second-order valence-corrected chi connectivity index (χ2v) is 8.18. The van der Waals surface area contributed by atoms with Crippen molar-refractivity contribution in [1.29, 1.82) is 0 Å². The van der Waals surface area contributed by atoms with Crippen LogP contribution in [0.1, 0.15) is 56.0 Å². The first-order chi connectivity index (χ1) is 16.4. The quantitative estimate of drug-likeness (QED) is 0.509. The number of urea groups is 1. The maximum Gasteiger partial charge on any atom is 0.330 e. The van der Waals surface area contributed by atoms with E-state index in [0.717, 1.165) is 42.2 Å². The van der Waals surface area contributed by atoms with Gasteiger partial charge in [0.1, 0.15) is 11.5 Å². The first-order valence-corrected chi connectivity index (χ1v) is 11.5. The summed E-state index contributed by atoms with van der Waals surface area (Å²) in [5, 5.41) is 12.4. The largest absolute Gasteiger partial charge is 0.339 e. The van der Waals surface area contributed by atoms with Gasteiger partial charge in [0.05, 0.1) is 12.2 Å². The van der Waals surface area contributed by atoms with Crippen LogP contribution >= 0.6 is 0 Å². The number of nitrogens with zero attached hydrogens (tertiary/aromatic N) is 7. The van der Waals surface area contributed by atoms with Gasteiger partial charge in [-0.25, -0.2) is 18.6 Å². The monoisotopic (exact) mass is 470 g/mol. The number of allylic oxidation sites excluding steroid dienone is 1. The molecule has 3 heterocycles. The zero-order valence-electron chi connectivity index (χ0n) is 19.6. The number of carbonyl (C=O) groups excluding carboxylic acids is 1. The Hall–Kier alpha value is -3.63. The van der Waals surface area contributed by atoms with Crippen LogP contribution in [-0.4, -0.2) is 54.2 Å². The average Bonchev–Trinajstić information content (AvgIpc) is 3.41. The van der Waals surface area contributed by atoms with Gasteiger partial charge in [-0.3, -0.25) is 9.80 Å². The van der Waals surface area contributed by atoms with Gasteiger partial charge in [-0.1, -0.05) is 26.0 Å². The van der Waals surface area contributed by atoms with E-state index in [2.05, 4.69) is 25.4 Å². The number of fused-ring (bicyclic) bond motifs is 1. The molecule has 0 aliphatic carbocycles. The summed E-state index contributed by atoms with van der Waals surface area (Å²) in [5.41, 5.74) is 2.26. The first kappa shape index (κ1) is 23.5. The van der Waals surface area contributed by atoms with Gasteiger partial charge in [0.2, 0.25) is 0 Å². The number of hydrogen-bond acceptors (Lipinski definition) is 5. The van der Waals surface area contributed by atoms with Crippen LogP contribution in [0.3, 0.4) is 0 Å². The molecule has 0 unspecified atom stereocenters. The molecule has 0 fully saturated rings. The molecule has 0 bridgehead atoms. The highest BCUT2D eigenvalue weighted by Gasteiger charge is 2.35. The van der Waals surface area contributed by atoms with E-state index in [4.69, 9.17) is 0 Å². The Bertz CT molecular complexity index is 1200. The number of aromatic amines is 1. The topological polar surface area (TPSA) is 95.8 Å². The van der Waals surface area contributed by atoms with Gasteiger partial charge in [0.25, 0.3) is 0 Å². The van der Waals surface area contributed by atoms with E-state index in [0.29, 0.717) is 43.3 Å². The smallest absolute Gasteiger partial charge is 0.330 e. The number of amides is 2. The van der Waals surface area contributed by atoms with Crippen molar-refractivity contribution >= 4 is 17.5 Å². The van der Waals surface area contributed by atoms with E-state index >= 15 is 0 Å². The third-order valence-electron chi connectivity index (χ3n) is 5.49. The Balaban J connectivity index is 1.44. The van der Waals surface area contributed by atoms with Crippen LogP contribution in [0, 0.1) is 18.6 Å². The van der Waals surface area contributed by atoms with E-state index in [1.807, 2.05) is 26.8 Å². The lowest BCUT2D eigenvalue weighted by Gasteiger charge is -2.36. The lowest BCUT2D eigenvalue weighted by atomic mass is 10.1. The number of rotatable bonds is 9. The zero-order valence-corrected chi connectivity index (χ0v) is 19.6. The van der Waals surface area contributed by atoms with Gasteiger partial charge in [-0.05, 0) is 49.1 Å². The Morgan fingerprint density at radius 1 is 1.09 bits per heavy atom. The van der Waals surface area contributed by atoms with Crippen molar-refractivity contribution in [3.8, 4) is 0 Å². The number of carbonyl (C=O) groups is 1. The Morgan fingerprint density at radius 3 is 2.65 bits per heavy atom. The Morgan fingerprint density at radius 2 is 1.91 bits per heavy atom. The second-order valence-electron chi connectivity index (χ2n) is 8.18. The molecule has 34 heavy (non-hydrogen) atoms. The van der Waals surface area contributed by atoms with Gasteiger partial charge in [0, 0.05) is 19.5 Å². The van der Waals surface area contributed by atoms with Crippen molar-refractivity contribution in [3.05, 3.63) is 58.8 Å². The van der Waals surface area contributed by atoms with Crippen LogP contribution in [-0.2, 0) is 13.0 Å². The van der Waals surface area contributed by atoms with E-state index in [1.54, 1.807) is 9.80 Å². The van der Waals surface area contributed by atoms with Gasteiger partial charge in [-0.15, -0.1) is 10.2 Å². The summed E-state index contributed by atoms with van der Waals surface area (Å²) in [7, 11) is 0. The Labute approximate surface area is 196 Å². The highest BCUT2D eigenvalue weighted by Crippen LogP contribution is 2.34. The number of anilines is 1. The molecule has 1 aromatic carbocycles. The molecule has 0 saturated heterocycles. The number of imidazole rings is 1. The number of nitrogens with one attached hydrogen (secondary N) is 1. The molecule has 9 nitrogen and oxygen atoms in total. The minimum Gasteiger partial charge on any atom is -0.339 e. The molecular weight excluding hydrogens is 442 g/mol. The summed E-state index contributed by atoms with van der Waals surface area (Å²) in [6.45, 7) is 7.46. The highest BCUT2D eigenvalue weighted by atomic mass is 19.2. The summed E-state index contributed by atoms with van der Waals surface area (Å²) in [4.78, 5) is 26.1. The predicted molar refractivity (Wildman–Crippen MR) is 123 cm³/mol. The standard InChI is InChI=1S/C23H28F2N8O/c1-4-7-19-21-22(27-15(3)26-21)32(10-5-2)23(34)31(19)11-6-12-33-29-20(28-30-33)14-16-8-9-17(24)18(25)13-16/h7-9,13H,4-6,10-12,14H2,1-3H3,(H,26,27). The molecule has 1 aliphatic heterocycles. The number of H-pyrrole nitrogens is 1. The maximum atomic E-state index is 13.4. The number of benzene rings is 1. The fraction of sp³-hybridized carbons (Fsp3) is 0.435. The van der Waals surface area contributed by atoms with E-state index in [9.17, 15) is 13.6 Å². The average molecular weight is 471 g/mol. The van der Waals surface area contributed by atoms with Crippen molar-refractivity contribution < 1.29 is 13.6 Å². The van der Waals surface area contributed by atoms with Gasteiger partial charge in [0.15, 0.2) is 23.3 Å². The third-order valence-corrected chi connectivity index (χ3v) is 5.49. The molecule has 2 amide bonds. The summed E-state index contributed by atoms with van der Waals surface area (Å²) in [6.07, 6.45) is 4.49. The van der Waals surface area contributed by atoms with Crippen molar-refractivity contribution in [1.82, 2.24) is 35.1 Å². The van der Waals surface area contributed by atoms with E-state index in [-0.39, 0.29) is 12.5 Å². The molecule has 0 radical (unpaired) electrons. The molecule has 1 aliphatic rings. The van der Waals surface area contributed by atoms with Crippen molar-refractivity contribution in [3.63, 3.8) is 0 Å². The molecule has 0 saturated carbocycles. The van der Waals surface area contributed by atoms with Crippen LogP contribution in [0.25, 0.3) is 5.70 Å². The molecule has 2 aromatic heterocycles. The number of tetrazole rings is 1. The fourth-order valence-corrected chi connectivity index (χ4v) is 4.02. The lowest BCUT2D eigenvalue weighted by molar-refractivity contribution is 0.221. The molecular formula is C23H28F2N8O. The van der Waals surface area contributed by atoms with Crippen LogP contribution in [0.15, 0.2) is 24.3 Å². The van der Waals surface area contributed by atoms with Crippen molar-refractivity contribution in [2.24, 2.45) is 0 Å². The molecule has 4 rings (SSSR count). The number of halogens is 2. The predicted octanol–water partition coefficient (Wildman–Crippen LogP) is 4.07. The summed E-state index contributed by atoms with van der Waals surface area (Å²) >= 11 is 0. The summed E-state index contributed by atoms with van der Waals surface area (Å²) in [6, 6.07) is 3.62. The zero-order chi connectivity index (χ0) is 24.2. The van der Waals surface area contributed by atoms with Crippen LogP contribution in [0.5, 0.6) is 0 Å². The normalized spacial score (nSPS) is 14.9. The number of hydrogen-bond donors (Lipinski definition) is 1. The minimum absolute atomic E-state index is 0.0916.